The Morgan fingerprint density at radius 2 is 2.09 bits per heavy atom. The van der Waals surface area contributed by atoms with Crippen LogP contribution in [-0.2, 0) is 4.79 Å². The quantitative estimate of drug-likeness (QED) is 0.643. The van der Waals surface area contributed by atoms with Gasteiger partial charge in [-0.25, -0.2) is 0 Å². The van der Waals surface area contributed by atoms with Gasteiger partial charge in [-0.3, -0.25) is 4.79 Å². The molecule has 130 valence electrons. The van der Waals surface area contributed by atoms with Gasteiger partial charge < -0.3 is 25.8 Å². The highest BCUT2D eigenvalue weighted by Crippen LogP contribution is 2.39. The standard InChI is InChI=1S/C15H27N5OS2/c1-5-7-16-12(22)19-9-8-17-14(3,4)15(19,6-2)20-10-11(21)18-13(20)23/h17H,5-10H2,1-4H3,(H,16,22)(H,18,21,23). The Kier molecular flexibility index (Phi) is 5.48. The lowest BCUT2D eigenvalue weighted by Crippen LogP contribution is -2.80. The minimum absolute atomic E-state index is 0.0587. The minimum atomic E-state index is -0.487. The average Bonchev–Trinajstić information content (AvgIpc) is 2.82. The largest absolute Gasteiger partial charge is 0.363 e. The molecule has 0 aliphatic carbocycles. The zero-order valence-corrected chi connectivity index (χ0v) is 16.0. The second-order valence-corrected chi connectivity index (χ2v) is 7.32. The van der Waals surface area contributed by atoms with Crippen molar-refractivity contribution in [2.45, 2.75) is 51.7 Å². The maximum Gasteiger partial charge on any atom is 0.245 e. The third-order valence-electron chi connectivity index (χ3n) is 4.85. The van der Waals surface area contributed by atoms with Crippen molar-refractivity contribution in [2.24, 2.45) is 0 Å². The SMILES string of the molecule is CCCNC(=S)N1CCNC(C)(C)C1(CC)N1CC(=O)NC1=S. The van der Waals surface area contributed by atoms with E-state index in [2.05, 4.69) is 48.5 Å². The van der Waals surface area contributed by atoms with E-state index in [0.29, 0.717) is 5.11 Å². The number of rotatable bonds is 4. The summed E-state index contributed by atoms with van der Waals surface area (Å²) in [4.78, 5) is 16.1. The van der Waals surface area contributed by atoms with Crippen molar-refractivity contribution in [1.29, 1.82) is 0 Å². The van der Waals surface area contributed by atoms with Gasteiger partial charge in [0.15, 0.2) is 10.2 Å². The Hall–Kier alpha value is -0.990. The predicted molar refractivity (Wildman–Crippen MR) is 100 cm³/mol. The average molecular weight is 358 g/mol. The molecule has 2 rings (SSSR count). The van der Waals surface area contributed by atoms with E-state index in [1.165, 1.54) is 0 Å². The van der Waals surface area contributed by atoms with Crippen LogP contribution in [0, 0.1) is 0 Å². The Morgan fingerprint density at radius 3 is 2.61 bits per heavy atom. The van der Waals surface area contributed by atoms with E-state index in [-0.39, 0.29) is 18.0 Å². The van der Waals surface area contributed by atoms with E-state index >= 15 is 0 Å². The van der Waals surface area contributed by atoms with Crippen LogP contribution in [0.3, 0.4) is 0 Å². The van der Waals surface area contributed by atoms with Crippen molar-refractivity contribution in [3.8, 4) is 0 Å². The molecular formula is C15H27N5OS2. The molecule has 0 aromatic rings. The third kappa shape index (κ3) is 3.04. The summed E-state index contributed by atoms with van der Waals surface area (Å²) < 4.78 is 0. The maximum atomic E-state index is 11.9. The lowest BCUT2D eigenvalue weighted by molar-refractivity contribution is -0.121. The Balaban J connectivity index is 2.44. The van der Waals surface area contributed by atoms with Crippen LogP contribution in [0.2, 0.25) is 0 Å². The molecule has 3 N–H and O–H groups in total. The summed E-state index contributed by atoms with van der Waals surface area (Å²) in [6.45, 7) is 11.3. The first-order valence-corrected chi connectivity index (χ1v) is 9.03. The smallest absolute Gasteiger partial charge is 0.245 e. The molecule has 0 aromatic heterocycles. The summed E-state index contributed by atoms with van der Waals surface area (Å²) in [6, 6.07) is 0. The summed E-state index contributed by atoms with van der Waals surface area (Å²) in [6.07, 6.45) is 1.80. The fraction of sp³-hybridized carbons (Fsp3) is 0.800. The summed E-state index contributed by atoms with van der Waals surface area (Å²) in [7, 11) is 0. The Morgan fingerprint density at radius 1 is 1.39 bits per heavy atom. The molecule has 0 radical (unpaired) electrons. The Labute approximate surface area is 149 Å². The number of piperazine rings is 1. The van der Waals surface area contributed by atoms with E-state index in [0.717, 1.165) is 37.6 Å². The maximum absolute atomic E-state index is 11.9. The van der Waals surface area contributed by atoms with Crippen molar-refractivity contribution < 1.29 is 4.79 Å². The number of hydrogen-bond acceptors (Lipinski definition) is 4. The van der Waals surface area contributed by atoms with Crippen LogP contribution in [0.25, 0.3) is 0 Å². The van der Waals surface area contributed by atoms with Crippen molar-refractivity contribution >= 4 is 40.6 Å². The van der Waals surface area contributed by atoms with Gasteiger partial charge >= 0.3 is 0 Å². The monoisotopic (exact) mass is 357 g/mol. The van der Waals surface area contributed by atoms with Crippen LogP contribution in [0.4, 0.5) is 0 Å². The molecule has 2 heterocycles. The summed E-state index contributed by atoms with van der Waals surface area (Å²) in [5.74, 6) is -0.0587. The van der Waals surface area contributed by atoms with Crippen molar-refractivity contribution in [3.63, 3.8) is 0 Å². The van der Waals surface area contributed by atoms with E-state index < -0.39 is 5.66 Å². The predicted octanol–water partition coefficient (Wildman–Crippen LogP) is 0.778. The van der Waals surface area contributed by atoms with Crippen LogP contribution in [0.15, 0.2) is 0 Å². The molecule has 1 amide bonds. The van der Waals surface area contributed by atoms with Gasteiger partial charge in [0.1, 0.15) is 12.2 Å². The third-order valence-corrected chi connectivity index (χ3v) is 5.54. The van der Waals surface area contributed by atoms with Crippen molar-refractivity contribution in [1.82, 2.24) is 25.8 Å². The zero-order chi connectivity index (χ0) is 17.3. The molecule has 2 fully saturated rings. The number of carbonyl (C=O) groups is 1. The van der Waals surface area contributed by atoms with Crippen LogP contribution in [-0.4, -0.2) is 63.3 Å². The van der Waals surface area contributed by atoms with Crippen LogP contribution < -0.4 is 16.0 Å². The summed E-state index contributed by atoms with van der Waals surface area (Å²) in [5, 5.41) is 10.9. The van der Waals surface area contributed by atoms with E-state index in [1.807, 2.05) is 4.90 Å². The molecule has 2 saturated heterocycles. The molecule has 23 heavy (non-hydrogen) atoms. The van der Waals surface area contributed by atoms with Crippen molar-refractivity contribution in [3.05, 3.63) is 0 Å². The minimum Gasteiger partial charge on any atom is -0.363 e. The highest BCUT2D eigenvalue weighted by atomic mass is 32.1. The first-order chi connectivity index (χ1) is 10.8. The molecule has 0 spiro atoms. The molecule has 2 aliphatic heterocycles. The van der Waals surface area contributed by atoms with Crippen LogP contribution in [0.1, 0.15) is 40.5 Å². The Bertz CT molecular complexity index is 510. The lowest BCUT2D eigenvalue weighted by Gasteiger charge is -2.61. The first kappa shape index (κ1) is 18.4. The molecule has 1 unspecified atom stereocenters. The van der Waals surface area contributed by atoms with Crippen molar-refractivity contribution in [2.75, 3.05) is 26.2 Å². The number of carbonyl (C=O) groups excluding carboxylic acids is 1. The first-order valence-electron chi connectivity index (χ1n) is 8.22. The zero-order valence-electron chi connectivity index (χ0n) is 14.4. The van der Waals surface area contributed by atoms with Gasteiger partial charge in [0.05, 0.1) is 5.54 Å². The normalized spacial score (nSPS) is 27.1. The second kappa shape index (κ2) is 6.86. The fourth-order valence-electron chi connectivity index (χ4n) is 3.79. The van der Waals surface area contributed by atoms with Gasteiger partial charge in [0.2, 0.25) is 5.91 Å². The molecule has 0 aromatic carbocycles. The molecule has 0 bridgehead atoms. The number of nitrogens with zero attached hydrogens (tertiary/aromatic N) is 2. The van der Waals surface area contributed by atoms with Crippen LogP contribution in [0.5, 0.6) is 0 Å². The molecule has 6 nitrogen and oxygen atoms in total. The second-order valence-electron chi connectivity index (χ2n) is 6.54. The summed E-state index contributed by atoms with van der Waals surface area (Å²) in [5.41, 5.74) is -0.770. The highest BCUT2D eigenvalue weighted by molar-refractivity contribution is 7.80. The molecular weight excluding hydrogens is 330 g/mol. The van der Waals surface area contributed by atoms with E-state index in [1.54, 1.807) is 0 Å². The molecule has 8 heteroatoms. The number of nitrogens with one attached hydrogen (secondary N) is 3. The fourth-order valence-corrected chi connectivity index (χ4v) is 4.46. The lowest BCUT2D eigenvalue weighted by atomic mass is 9.80. The highest BCUT2D eigenvalue weighted by Gasteiger charge is 2.57. The van der Waals surface area contributed by atoms with E-state index in [4.69, 9.17) is 24.4 Å². The molecule has 1 atom stereocenters. The van der Waals surface area contributed by atoms with Gasteiger partial charge in [0.25, 0.3) is 0 Å². The van der Waals surface area contributed by atoms with Gasteiger partial charge in [-0.1, -0.05) is 13.8 Å². The van der Waals surface area contributed by atoms with E-state index in [9.17, 15) is 4.79 Å². The van der Waals surface area contributed by atoms with Crippen LogP contribution >= 0.6 is 24.4 Å². The number of thiocarbonyl (C=S) groups is 2. The topological polar surface area (TPSA) is 59.6 Å². The number of amides is 1. The number of hydrogen-bond donors (Lipinski definition) is 3. The van der Waals surface area contributed by atoms with Gasteiger partial charge in [0, 0.05) is 19.6 Å². The van der Waals surface area contributed by atoms with Gasteiger partial charge in [-0.15, -0.1) is 0 Å². The van der Waals surface area contributed by atoms with Gasteiger partial charge in [-0.05, 0) is 51.1 Å². The molecule has 0 saturated carbocycles. The summed E-state index contributed by atoms with van der Waals surface area (Å²) >= 11 is 11.1. The molecule has 2 aliphatic rings. The van der Waals surface area contributed by atoms with Gasteiger partial charge in [-0.2, -0.15) is 0 Å².